The zero-order valence-electron chi connectivity index (χ0n) is 11.8. The van der Waals surface area contributed by atoms with Gasteiger partial charge in [-0.25, -0.2) is 4.98 Å². The number of carbonyl (C=O) groups excluding carboxylic acids is 1. The van der Waals surface area contributed by atoms with Crippen LogP contribution in [0.1, 0.15) is 44.2 Å². The number of hydrogen-bond acceptors (Lipinski definition) is 3. The van der Waals surface area contributed by atoms with Gasteiger partial charge in [-0.2, -0.15) is 5.10 Å². The van der Waals surface area contributed by atoms with E-state index < -0.39 is 0 Å². The van der Waals surface area contributed by atoms with E-state index in [1.165, 1.54) is 0 Å². The minimum atomic E-state index is 0.277. The summed E-state index contributed by atoms with van der Waals surface area (Å²) in [5.41, 5.74) is 1.89. The Morgan fingerprint density at radius 1 is 1.55 bits per heavy atom. The highest BCUT2D eigenvalue weighted by molar-refractivity contribution is 5.79. The van der Waals surface area contributed by atoms with Gasteiger partial charge in [-0.15, -0.1) is 0 Å². The Kier molecular flexibility index (Phi) is 3.67. The average Bonchev–Trinajstić information content (AvgIpc) is 2.91. The number of hydrogen-bond donors (Lipinski definition) is 1. The fourth-order valence-corrected chi connectivity index (χ4v) is 2.99. The molecule has 0 saturated carbocycles. The Balaban J connectivity index is 1.81. The molecule has 1 aliphatic rings. The summed E-state index contributed by atoms with van der Waals surface area (Å²) in [6, 6.07) is 3.98. The molecule has 1 N–H and O–H groups in total. The van der Waals surface area contributed by atoms with Crippen molar-refractivity contribution in [3.8, 4) is 0 Å². The molecular formula is C15H20N4O. The molecule has 5 heteroatoms. The number of rotatable bonds is 3. The molecule has 1 amide bonds. The number of pyridine rings is 1. The van der Waals surface area contributed by atoms with Crippen LogP contribution in [-0.2, 0) is 4.79 Å². The fourth-order valence-electron chi connectivity index (χ4n) is 2.99. The topological polar surface area (TPSA) is 61.9 Å². The van der Waals surface area contributed by atoms with Gasteiger partial charge in [0.1, 0.15) is 0 Å². The van der Waals surface area contributed by atoms with Crippen LogP contribution in [0.2, 0.25) is 0 Å². The number of amides is 1. The standard InChI is InChI=1S/C15H20N4O/c1-2-5-13(20)19-9-4-6-11(10-19)14-12-7-3-8-16-15(12)18-17-14/h3,7-8,11H,2,4-6,9-10H2,1H3,(H,16,17,18). The monoisotopic (exact) mass is 272 g/mol. The fraction of sp³-hybridized carbons (Fsp3) is 0.533. The molecule has 1 aliphatic heterocycles. The number of H-pyrrole nitrogens is 1. The van der Waals surface area contributed by atoms with Gasteiger partial charge in [0.2, 0.25) is 5.91 Å². The molecule has 2 aromatic rings. The highest BCUT2D eigenvalue weighted by Crippen LogP contribution is 2.30. The second kappa shape index (κ2) is 5.61. The average molecular weight is 272 g/mol. The Morgan fingerprint density at radius 3 is 3.30 bits per heavy atom. The van der Waals surface area contributed by atoms with E-state index >= 15 is 0 Å². The van der Waals surface area contributed by atoms with E-state index in [0.29, 0.717) is 12.3 Å². The molecule has 106 valence electrons. The number of nitrogens with zero attached hydrogens (tertiary/aromatic N) is 3. The highest BCUT2D eigenvalue weighted by atomic mass is 16.2. The van der Waals surface area contributed by atoms with Crippen molar-refractivity contribution in [3.63, 3.8) is 0 Å². The second-order valence-electron chi connectivity index (χ2n) is 5.44. The van der Waals surface area contributed by atoms with Crippen LogP contribution in [0.15, 0.2) is 18.3 Å². The first-order chi connectivity index (χ1) is 9.79. The number of aromatic nitrogens is 3. The lowest BCUT2D eigenvalue weighted by Gasteiger charge is -2.32. The van der Waals surface area contributed by atoms with Crippen molar-refractivity contribution in [2.75, 3.05) is 13.1 Å². The molecule has 0 aliphatic carbocycles. The van der Waals surface area contributed by atoms with Crippen molar-refractivity contribution in [2.24, 2.45) is 0 Å². The molecule has 0 aromatic carbocycles. The van der Waals surface area contributed by atoms with Crippen molar-refractivity contribution in [1.29, 1.82) is 0 Å². The van der Waals surface area contributed by atoms with Gasteiger partial charge in [0.25, 0.3) is 0 Å². The summed E-state index contributed by atoms with van der Waals surface area (Å²) < 4.78 is 0. The van der Waals surface area contributed by atoms with E-state index in [2.05, 4.69) is 15.2 Å². The van der Waals surface area contributed by atoms with E-state index in [9.17, 15) is 4.79 Å². The Labute approximate surface area is 118 Å². The Hall–Kier alpha value is -1.91. The van der Waals surface area contributed by atoms with Gasteiger partial charge in [0, 0.05) is 42.7 Å². The zero-order valence-corrected chi connectivity index (χ0v) is 11.8. The van der Waals surface area contributed by atoms with Crippen molar-refractivity contribution >= 4 is 16.9 Å². The van der Waals surface area contributed by atoms with E-state index in [0.717, 1.165) is 49.1 Å². The summed E-state index contributed by atoms with van der Waals surface area (Å²) in [5.74, 6) is 0.623. The molecule has 3 heterocycles. The summed E-state index contributed by atoms with van der Waals surface area (Å²) in [6.07, 6.45) is 5.47. The summed E-state index contributed by atoms with van der Waals surface area (Å²) in [4.78, 5) is 18.3. The van der Waals surface area contributed by atoms with Crippen molar-refractivity contribution in [1.82, 2.24) is 20.1 Å². The highest BCUT2D eigenvalue weighted by Gasteiger charge is 2.26. The SMILES string of the molecule is CCCC(=O)N1CCCC(c2[nH]nc3ncccc23)C1. The number of aromatic amines is 1. The maximum Gasteiger partial charge on any atom is 0.222 e. The third-order valence-corrected chi connectivity index (χ3v) is 4.01. The maximum absolute atomic E-state index is 12.1. The third-order valence-electron chi connectivity index (χ3n) is 4.01. The van der Waals surface area contributed by atoms with Gasteiger partial charge in [-0.05, 0) is 31.4 Å². The minimum absolute atomic E-state index is 0.277. The molecule has 20 heavy (non-hydrogen) atoms. The molecular weight excluding hydrogens is 252 g/mol. The van der Waals surface area contributed by atoms with E-state index in [1.54, 1.807) is 6.20 Å². The quantitative estimate of drug-likeness (QED) is 0.933. The van der Waals surface area contributed by atoms with Gasteiger partial charge in [0.15, 0.2) is 5.65 Å². The first-order valence-electron chi connectivity index (χ1n) is 7.36. The van der Waals surface area contributed by atoms with Gasteiger partial charge < -0.3 is 4.90 Å². The molecule has 0 spiro atoms. The zero-order chi connectivity index (χ0) is 13.9. The minimum Gasteiger partial charge on any atom is -0.342 e. The first-order valence-corrected chi connectivity index (χ1v) is 7.36. The van der Waals surface area contributed by atoms with Crippen LogP contribution in [0.5, 0.6) is 0 Å². The number of piperidine rings is 1. The molecule has 2 aromatic heterocycles. The third kappa shape index (κ3) is 2.40. The van der Waals surface area contributed by atoms with E-state index in [1.807, 2.05) is 24.0 Å². The van der Waals surface area contributed by atoms with E-state index in [-0.39, 0.29) is 5.91 Å². The van der Waals surface area contributed by atoms with Crippen molar-refractivity contribution in [2.45, 2.75) is 38.5 Å². The molecule has 5 nitrogen and oxygen atoms in total. The summed E-state index contributed by atoms with van der Waals surface area (Å²) >= 11 is 0. The molecule has 1 unspecified atom stereocenters. The first kappa shape index (κ1) is 13.1. The Morgan fingerprint density at radius 2 is 2.45 bits per heavy atom. The predicted molar refractivity (Wildman–Crippen MR) is 77.4 cm³/mol. The normalized spacial score (nSPS) is 19.4. The number of likely N-dealkylation sites (tertiary alicyclic amines) is 1. The van der Waals surface area contributed by atoms with Gasteiger partial charge >= 0.3 is 0 Å². The number of fused-ring (bicyclic) bond motifs is 1. The van der Waals surface area contributed by atoms with Crippen molar-refractivity contribution in [3.05, 3.63) is 24.0 Å². The van der Waals surface area contributed by atoms with E-state index in [4.69, 9.17) is 0 Å². The van der Waals surface area contributed by atoms with Gasteiger partial charge in [-0.3, -0.25) is 9.89 Å². The number of carbonyl (C=O) groups is 1. The van der Waals surface area contributed by atoms with Gasteiger partial charge in [0.05, 0.1) is 0 Å². The maximum atomic E-state index is 12.1. The van der Waals surface area contributed by atoms with Crippen LogP contribution in [0, 0.1) is 0 Å². The molecule has 1 fully saturated rings. The molecule has 1 saturated heterocycles. The smallest absolute Gasteiger partial charge is 0.222 e. The molecule has 1 atom stereocenters. The van der Waals surface area contributed by atoms with Crippen LogP contribution in [0.25, 0.3) is 11.0 Å². The summed E-state index contributed by atoms with van der Waals surface area (Å²) in [7, 11) is 0. The van der Waals surface area contributed by atoms with Crippen molar-refractivity contribution < 1.29 is 4.79 Å². The van der Waals surface area contributed by atoms with Crippen LogP contribution in [-0.4, -0.2) is 39.1 Å². The molecule has 0 radical (unpaired) electrons. The second-order valence-corrected chi connectivity index (χ2v) is 5.44. The largest absolute Gasteiger partial charge is 0.342 e. The molecule has 3 rings (SSSR count). The predicted octanol–water partition coefficient (Wildman–Crippen LogP) is 2.46. The van der Waals surface area contributed by atoms with Crippen LogP contribution < -0.4 is 0 Å². The summed E-state index contributed by atoms with van der Waals surface area (Å²) in [6.45, 7) is 3.73. The molecule has 0 bridgehead atoms. The van der Waals surface area contributed by atoms with Crippen LogP contribution in [0.3, 0.4) is 0 Å². The summed E-state index contributed by atoms with van der Waals surface area (Å²) in [5, 5.41) is 8.47. The van der Waals surface area contributed by atoms with Crippen LogP contribution >= 0.6 is 0 Å². The lowest BCUT2D eigenvalue weighted by molar-refractivity contribution is -0.132. The number of nitrogens with one attached hydrogen (secondary N) is 1. The lowest BCUT2D eigenvalue weighted by atomic mass is 9.93. The lowest BCUT2D eigenvalue weighted by Crippen LogP contribution is -2.39. The van der Waals surface area contributed by atoms with Gasteiger partial charge in [-0.1, -0.05) is 6.92 Å². The Bertz CT molecular complexity index is 607. The van der Waals surface area contributed by atoms with Crippen LogP contribution in [0.4, 0.5) is 0 Å².